The first-order valence-corrected chi connectivity index (χ1v) is 7.36. The summed E-state index contributed by atoms with van der Waals surface area (Å²) in [6, 6.07) is 0.566. The number of carbonyl (C=O) groups is 1. The lowest BCUT2D eigenvalue weighted by Crippen LogP contribution is -2.46. The molecule has 0 radical (unpaired) electrons. The molecule has 0 spiro atoms. The molecule has 1 fully saturated rings. The average Bonchev–Trinajstić information content (AvgIpc) is 2.41. The molecule has 0 atom stereocenters. The van der Waals surface area contributed by atoms with Gasteiger partial charge in [0, 0.05) is 19.1 Å². The maximum atomic E-state index is 11.5. The van der Waals surface area contributed by atoms with Crippen molar-refractivity contribution in [3.63, 3.8) is 0 Å². The normalized spacial score (nSPS) is 17.2. The topological polar surface area (TPSA) is 41.6 Å². The Labute approximate surface area is 111 Å². The van der Waals surface area contributed by atoms with E-state index in [0.29, 0.717) is 12.6 Å². The molecule has 0 unspecified atom stereocenters. The van der Waals surface area contributed by atoms with E-state index in [1.54, 1.807) is 0 Å². The number of piperidine rings is 1. The van der Waals surface area contributed by atoms with Gasteiger partial charge in [-0.1, -0.05) is 26.7 Å². The first-order chi connectivity index (χ1) is 8.71. The molecule has 1 N–H and O–H groups in total. The Balaban J connectivity index is 2.21. The smallest absolute Gasteiger partial charge is 0.409 e. The SMILES string of the molecule is CCOC(=O)N1CCC(NCC(CC)CC)CC1. The van der Waals surface area contributed by atoms with E-state index in [0.717, 1.165) is 38.4 Å². The van der Waals surface area contributed by atoms with E-state index < -0.39 is 0 Å². The maximum absolute atomic E-state index is 11.5. The monoisotopic (exact) mass is 256 g/mol. The molecule has 1 aliphatic heterocycles. The van der Waals surface area contributed by atoms with Gasteiger partial charge < -0.3 is 15.0 Å². The van der Waals surface area contributed by atoms with Crippen LogP contribution in [-0.4, -0.2) is 43.3 Å². The maximum Gasteiger partial charge on any atom is 0.409 e. The lowest BCUT2D eigenvalue weighted by molar-refractivity contribution is 0.0947. The zero-order valence-electron chi connectivity index (χ0n) is 12.1. The van der Waals surface area contributed by atoms with Crippen LogP contribution in [0.25, 0.3) is 0 Å². The van der Waals surface area contributed by atoms with Gasteiger partial charge in [-0.2, -0.15) is 0 Å². The fourth-order valence-electron chi connectivity index (χ4n) is 2.39. The third-order valence-electron chi connectivity index (χ3n) is 3.87. The highest BCUT2D eigenvalue weighted by Crippen LogP contribution is 2.13. The average molecular weight is 256 g/mol. The second-order valence-electron chi connectivity index (χ2n) is 5.05. The number of hydrogen-bond donors (Lipinski definition) is 1. The Morgan fingerprint density at radius 2 is 1.89 bits per heavy atom. The van der Waals surface area contributed by atoms with E-state index in [4.69, 9.17) is 4.74 Å². The summed E-state index contributed by atoms with van der Waals surface area (Å²) < 4.78 is 5.02. The first kappa shape index (κ1) is 15.3. The first-order valence-electron chi connectivity index (χ1n) is 7.36. The van der Waals surface area contributed by atoms with Gasteiger partial charge in [0.05, 0.1) is 6.61 Å². The number of amides is 1. The summed E-state index contributed by atoms with van der Waals surface area (Å²) in [6.45, 7) is 9.56. The van der Waals surface area contributed by atoms with Gasteiger partial charge in [-0.05, 0) is 32.2 Å². The third-order valence-corrected chi connectivity index (χ3v) is 3.87. The molecule has 1 aliphatic rings. The Hall–Kier alpha value is -0.770. The molecule has 106 valence electrons. The summed E-state index contributed by atoms with van der Waals surface area (Å²) in [4.78, 5) is 13.4. The highest BCUT2D eigenvalue weighted by Gasteiger charge is 2.23. The lowest BCUT2D eigenvalue weighted by atomic mass is 10.0. The molecule has 1 amide bonds. The number of ether oxygens (including phenoxy) is 1. The Morgan fingerprint density at radius 3 is 2.39 bits per heavy atom. The van der Waals surface area contributed by atoms with Gasteiger partial charge in [0.25, 0.3) is 0 Å². The highest BCUT2D eigenvalue weighted by molar-refractivity contribution is 5.67. The lowest BCUT2D eigenvalue weighted by Gasteiger charge is -2.32. The summed E-state index contributed by atoms with van der Waals surface area (Å²) in [5.41, 5.74) is 0. The minimum atomic E-state index is -0.157. The molecule has 4 heteroatoms. The fourth-order valence-corrected chi connectivity index (χ4v) is 2.39. The number of nitrogens with zero attached hydrogens (tertiary/aromatic N) is 1. The molecule has 0 aromatic rings. The molecular formula is C14H28N2O2. The molecule has 18 heavy (non-hydrogen) atoms. The zero-order valence-corrected chi connectivity index (χ0v) is 12.1. The van der Waals surface area contributed by atoms with Crippen LogP contribution in [0.5, 0.6) is 0 Å². The van der Waals surface area contributed by atoms with Crippen LogP contribution in [0.2, 0.25) is 0 Å². The van der Waals surface area contributed by atoms with Crippen LogP contribution in [0.4, 0.5) is 4.79 Å². The van der Waals surface area contributed by atoms with E-state index in [-0.39, 0.29) is 6.09 Å². The summed E-state index contributed by atoms with van der Waals surface area (Å²) in [6.07, 6.45) is 4.41. The molecular weight excluding hydrogens is 228 g/mol. The van der Waals surface area contributed by atoms with Crippen LogP contribution in [0, 0.1) is 5.92 Å². The summed E-state index contributed by atoms with van der Waals surface area (Å²) in [5, 5.41) is 3.64. The van der Waals surface area contributed by atoms with E-state index in [9.17, 15) is 4.79 Å². The molecule has 0 aromatic carbocycles. The largest absolute Gasteiger partial charge is 0.450 e. The third kappa shape index (κ3) is 4.84. The van der Waals surface area contributed by atoms with Crippen LogP contribution in [0.15, 0.2) is 0 Å². The van der Waals surface area contributed by atoms with Gasteiger partial charge in [0.2, 0.25) is 0 Å². The number of carbonyl (C=O) groups excluding carboxylic acids is 1. The van der Waals surface area contributed by atoms with Crippen LogP contribution >= 0.6 is 0 Å². The van der Waals surface area contributed by atoms with E-state index in [1.807, 2.05) is 11.8 Å². The Morgan fingerprint density at radius 1 is 1.28 bits per heavy atom. The number of likely N-dealkylation sites (tertiary alicyclic amines) is 1. The van der Waals surface area contributed by atoms with Crippen LogP contribution in [-0.2, 0) is 4.74 Å². The van der Waals surface area contributed by atoms with Crippen molar-refractivity contribution in [3.8, 4) is 0 Å². The van der Waals surface area contributed by atoms with Crippen molar-refractivity contribution in [1.29, 1.82) is 0 Å². The Kier molecular flexibility index (Phi) is 7.09. The van der Waals surface area contributed by atoms with Gasteiger partial charge in [-0.15, -0.1) is 0 Å². The van der Waals surface area contributed by atoms with Gasteiger partial charge in [-0.3, -0.25) is 0 Å². The molecule has 0 bridgehead atoms. The molecule has 1 saturated heterocycles. The number of rotatable bonds is 6. The van der Waals surface area contributed by atoms with Crippen molar-refractivity contribution >= 4 is 6.09 Å². The second-order valence-corrected chi connectivity index (χ2v) is 5.05. The molecule has 1 heterocycles. The van der Waals surface area contributed by atoms with Crippen LogP contribution in [0.3, 0.4) is 0 Å². The summed E-state index contributed by atoms with van der Waals surface area (Å²) in [5.74, 6) is 0.785. The van der Waals surface area contributed by atoms with Crippen molar-refractivity contribution in [1.82, 2.24) is 10.2 Å². The highest BCUT2D eigenvalue weighted by atomic mass is 16.6. The molecule has 0 aliphatic carbocycles. The van der Waals surface area contributed by atoms with Crippen molar-refractivity contribution in [3.05, 3.63) is 0 Å². The van der Waals surface area contributed by atoms with Crippen molar-refractivity contribution in [2.75, 3.05) is 26.2 Å². The quantitative estimate of drug-likeness (QED) is 0.794. The molecule has 0 aromatic heterocycles. The van der Waals surface area contributed by atoms with Gasteiger partial charge in [-0.25, -0.2) is 4.79 Å². The van der Waals surface area contributed by atoms with Gasteiger partial charge in [0.15, 0.2) is 0 Å². The van der Waals surface area contributed by atoms with Gasteiger partial charge >= 0.3 is 6.09 Å². The van der Waals surface area contributed by atoms with Crippen LogP contribution < -0.4 is 5.32 Å². The predicted octanol–water partition coefficient (Wildman–Crippen LogP) is 2.63. The van der Waals surface area contributed by atoms with Crippen molar-refractivity contribution in [2.24, 2.45) is 5.92 Å². The minimum Gasteiger partial charge on any atom is -0.450 e. The predicted molar refractivity (Wildman–Crippen MR) is 73.7 cm³/mol. The second kappa shape index (κ2) is 8.35. The molecule has 1 rings (SSSR count). The molecule has 4 nitrogen and oxygen atoms in total. The van der Waals surface area contributed by atoms with Gasteiger partial charge in [0.1, 0.15) is 0 Å². The van der Waals surface area contributed by atoms with Crippen molar-refractivity contribution in [2.45, 2.75) is 52.5 Å². The van der Waals surface area contributed by atoms with Crippen LogP contribution in [0.1, 0.15) is 46.5 Å². The standard InChI is InChI=1S/C14H28N2O2/c1-4-12(5-2)11-15-13-7-9-16(10-8-13)14(17)18-6-3/h12-13,15H,4-11H2,1-3H3. The minimum absolute atomic E-state index is 0.157. The molecule has 0 saturated carbocycles. The summed E-state index contributed by atoms with van der Waals surface area (Å²) in [7, 11) is 0. The zero-order chi connectivity index (χ0) is 13.4. The summed E-state index contributed by atoms with van der Waals surface area (Å²) >= 11 is 0. The van der Waals surface area contributed by atoms with Crippen molar-refractivity contribution < 1.29 is 9.53 Å². The fraction of sp³-hybridized carbons (Fsp3) is 0.929. The Bertz CT molecular complexity index is 234. The van der Waals surface area contributed by atoms with E-state index >= 15 is 0 Å². The number of hydrogen-bond acceptors (Lipinski definition) is 3. The van der Waals surface area contributed by atoms with E-state index in [1.165, 1.54) is 12.8 Å². The van der Waals surface area contributed by atoms with E-state index in [2.05, 4.69) is 19.2 Å². The number of nitrogens with one attached hydrogen (secondary N) is 1.